The summed E-state index contributed by atoms with van der Waals surface area (Å²) in [5, 5.41) is 7.84. The number of hydrogen-bond donors (Lipinski definition) is 0. The van der Waals surface area contributed by atoms with Crippen LogP contribution in [-0.2, 0) is 0 Å². The Hall–Kier alpha value is -2.37. The predicted molar refractivity (Wildman–Crippen MR) is 82.8 cm³/mol. The topological polar surface area (TPSA) is 68.5 Å². The zero-order valence-corrected chi connectivity index (χ0v) is 13.2. The number of carbonyl (C=O) groups is 1. The summed E-state index contributed by atoms with van der Waals surface area (Å²) in [6.45, 7) is 5.44. The van der Waals surface area contributed by atoms with Gasteiger partial charge in [0.15, 0.2) is 0 Å². The van der Waals surface area contributed by atoms with Crippen LogP contribution in [0.4, 0.5) is 0 Å². The maximum Gasteiger partial charge on any atom is 0.311 e. The van der Waals surface area contributed by atoms with Gasteiger partial charge in [-0.3, -0.25) is 4.79 Å². The normalized spacial score (nSPS) is 10.5. The first-order valence-electron chi connectivity index (χ1n) is 7.46. The van der Waals surface area contributed by atoms with E-state index in [-0.39, 0.29) is 11.8 Å². The molecule has 0 bridgehead atoms. The molecule has 0 unspecified atom stereocenters. The largest absolute Gasteiger partial charge is 0.497 e. The Bertz CT molecular complexity index is 601. The Morgan fingerprint density at radius 1 is 1.14 bits per heavy atom. The molecule has 0 N–H and O–H groups in total. The number of aromatic nitrogens is 2. The highest BCUT2D eigenvalue weighted by atomic mass is 16.5. The number of carbonyl (C=O) groups excluding carboxylic acids is 1. The molecule has 0 fully saturated rings. The van der Waals surface area contributed by atoms with Crippen molar-refractivity contribution in [2.45, 2.75) is 26.7 Å². The Kier molecular flexibility index (Phi) is 5.52. The second kappa shape index (κ2) is 7.59. The van der Waals surface area contributed by atoms with Gasteiger partial charge in [0, 0.05) is 18.7 Å². The SMILES string of the molecule is CCCN(CCC)C(=O)c1nnc(-c2ccc(OC)cc2)o1. The highest BCUT2D eigenvalue weighted by Gasteiger charge is 2.21. The number of rotatable bonds is 7. The molecule has 0 saturated carbocycles. The van der Waals surface area contributed by atoms with E-state index in [0.29, 0.717) is 19.0 Å². The van der Waals surface area contributed by atoms with Crippen LogP contribution in [0.3, 0.4) is 0 Å². The molecular formula is C16H21N3O3. The van der Waals surface area contributed by atoms with E-state index >= 15 is 0 Å². The Labute approximate surface area is 130 Å². The first-order valence-corrected chi connectivity index (χ1v) is 7.46. The van der Waals surface area contributed by atoms with Gasteiger partial charge in [-0.1, -0.05) is 13.8 Å². The number of amides is 1. The van der Waals surface area contributed by atoms with Crippen LogP contribution in [0.2, 0.25) is 0 Å². The molecule has 6 heteroatoms. The molecule has 0 aliphatic heterocycles. The van der Waals surface area contributed by atoms with E-state index in [1.807, 2.05) is 38.1 Å². The van der Waals surface area contributed by atoms with Gasteiger partial charge in [-0.2, -0.15) is 0 Å². The quantitative estimate of drug-likeness (QED) is 0.786. The van der Waals surface area contributed by atoms with E-state index in [9.17, 15) is 4.79 Å². The summed E-state index contributed by atoms with van der Waals surface area (Å²) in [4.78, 5) is 14.1. The lowest BCUT2D eigenvalue weighted by Crippen LogP contribution is -2.32. The first kappa shape index (κ1) is 16.0. The fourth-order valence-corrected chi connectivity index (χ4v) is 2.15. The summed E-state index contributed by atoms with van der Waals surface area (Å²) in [5.41, 5.74) is 0.755. The minimum absolute atomic E-state index is 0.0349. The van der Waals surface area contributed by atoms with Gasteiger partial charge in [0.2, 0.25) is 5.89 Å². The van der Waals surface area contributed by atoms with Crippen molar-refractivity contribution in [3.8, 4) is 17.2 Å². The van der Waals surface area contributed by atoms with Crippen LogP contribution in [0.25, 0.3) is 11.5 Å². The molecule has 6 nitrogen and oxygen atoms in total. The molecule has 22 heavy (non-hydrogen) atoms. The van der Waals surface area contributed by atoms with Crippen molar-refractivity contribution in [3.05, 3.63) is 30.2 Å². The molecule has 1 heterocycles. The van der Waals surface area contributed by atoms with Gasteiger partial charge in [0.1, 0.15) is 5.75 Å². The number of ether oxygens (including phenoxy) is 1. The molecule has 1 aromatic carbocycles. The zero-order chi connectivity index (χ0) is 15.9. The van der Waals surface area contributed by atoms with Crippen molar-refractivity contribution in [2.75, 3.05) is 20.2 Å². The van der Waals surface area contributed by atoms with Crippen LogP contribution < -0.4 is 4.74 Å². The van der Waals surface area contributed by atoms with Gasteiger partial charge in [-0.25, -0.2) is 0 Å². The molecule has 0 spiro atoms. The van der Waals surface area contributed by atoms with E-state index in [2.05, 4.69) is 10.2 Å². The highest BCUT2D eigenvalue weighted by Crippen LogP contribution is 2.21. The molecule has 2 rings (SSSR count). The molecule has 0 aliphatic rings. The molecular weight excluding hydrogens is 282 g/mol. The molecule has 0 atom stereocenters. The number of hydrogen-bond acceptors (Lipinski definition) is 5. The van der Waals surface area contributed by atoms with Crippen molar-refractivity contribution in [1.82, 2.24) is 15.1 Å². The van der Waals surface area contributed by atoms with Gasteiger partial charge in [-0.15, -0.1) is 10.2 Å². The summed E-state index contributed by atoms with van der Waals surface area (Å²) in [6.07, 6.45) is 1.79. The monoisotopic (exact) mass is 303 g/mol. The average Bonchev–Trinajstić information content (AvgIpc) is 3.04. The minimum atomic E-state index is -0.212. The van der Waals surface area contributed by atoms with Crippen molar-refractivity contribution in [1.29, 1.82) is 0 Å². The van der Waals surface area contributed by atoms with Crippen LogP contribution in [0.15, 0.2) is 28.7 Å². The van der Waals surface area contributed by atoms with E-state index < -0.39 is 0 Å². The zero-order valence-electron chi connectivity index (χ0n) is 13.2. The number of methoxy groups -OCH3 is 1. The Morgan fingerprint density at radius 2 is 1.77 bits per heavy atom. The Balaban J connectivity index is 2.17. The van der Waals surface area contributed by atoms with Crippen molar-refractivity contribution in [2.24, 2.45) is 0 Å². The molecule has 1 aromatic heterocycles. The lowest BCUT2D eigenvalue weighted by molar-refractivity contribution is 0.0716. The average molecular weight is 303 g/mol. The van der Waals surface area contributed by atoms with Crippen LogP contribution in [0.5, 0.6) is 5.75 Å². The van der Waals surface area contributed by atoms with Crippen LogP contribution in [0, 0.1) is 0 Å². The van der Waals surface area contributed by atoms with Crippen LogP contribution in [-0.4, -0.2) is 41.2 Å². The van der Waals surface area contributed by atoms with Gasteiger partial charge in [-0.05, 0) is 37.1 Å². The molecule has 0 saturated heterocycles. The van der Waals surface area contributed by atoms with Gasteiger partial charge in [0.05, 0.1) is 7.11 Å². The van der Waals surface area contributed by atoms with Gasteiger partial charge < -0.3 is 14.1 Å². The fourth-order valence-electron chi connectivity index (χ4n) is 2.15. The fraction of sp³-hybridized carbons (Fsp3) is 0.438. The van der Waals surface area contributed by atoms with Crippen LogP contribution >= 0.6 is 0 Å². The van der Waals surface area contributed by atoms with Crippen LogP contribution in [0.1, 0.15) is 37.4 Å². The van der Waals surface area contributed by atoms with E-state index in [1.165, 1.54) is 0 Å². The standard InChI is InChI=1S/C16H21N3O3/c1-4-10-19(11-5-2)16(20)15-18-17-14(22-15)12-6-8-13(21-3)9-7-12/h6-9H,4-5,10-11H2,1-3H3. The molecule has 1 amide bonds. The molecule has 118 valence electrons. The number of benzene rings is 1. The molecule has 0 radical (unpaired) electrons. The highest BCUT2D eigenvalue weighted by molar-refractivity contribution is 5.89. The first-order chi connectivity index (χ1) is 10.7. The summed E-state index contributed by atoms with van der Waals surface area (Å²) >= 11 is 0. The predicted octanol–water partition coefficient (Wildman–Crippen LogP) is 3.01. The van der Waals surface area contributed by atoms with Crippen molar-refractivity contribution < 1.29 is 13.9 Å². The second-order valence-corrected chi connectivity index (χ2v) is 4.93. The lowest BCUT2D eigenvalue weighted by atomic mass is 10.2. The summed E-state index contributed by atoms with van der Waals surface area (Å²) in [7, 11) is 1.61. The third kappa shape index (κ3) is 3.63. The summed E-state index contributed by atoms with van der Waals surface area (Å²) in [6, 6.07) is 7.25. The third-order valence-corrected chi connectivity index (χ3v) is 3.22. The Morgan fingerprint density at radius 3 is 2.32 bits per heavy atom. The molecule has 0 aliphatic carbocycles. The summed E-state index contributed by atoms with van der Waals surface area (Å²) in [5.74, 6) is 0.902. The summed E-state index contributed by atoms with van der Waals surface area (Å²) < 4.78 is 10.6. The van der Waals surface area contributed by atoms with E-state index in [1.54, 1.807) is 12.0 Å². The minimum Gasteiger partial charge on any atom is -0.497 e. The van der Waals surface area contributed by atoms with E-state index in [0.717, 1.165) is 24.2 Å². The third-order valence-electron chi connectivity index (χ3n) is 3.22. The molecule has 2 aromatic rings. The van der Waals surface area contributed by atoms with E-state index in [4.69, 9.17) is 9.15 Å². The van der Waals surface area contributed by atoms with Crippen molar-refractivity contribution in [3.63, 3.8) is 0 Å². The number of nitrogens with zero attached hydrogens (tertiary/aromatic N) is 3. The lowest BCUT2D eigenvalue weighted by Gasteiger charge is -2.18. The van der Waals surface area contributed by atoms with Gasteiger partial charge in [0.25, 0.3) is 0 Å². The van der Waals surface area contributed by atoms with Crippen molar-refractivity contribution >= 4 is 5.91 Å². The smallest absolute Gasteiger partial charge is 0.311 e. The maximum absolute atomic E-state index is 12.4. The second-order valence-electron chi connectivity index (χ2n) is 4.93. The van der Waals surface area contributed by atoms with Gasteiger partial charge >= 0.3 is 11.8 Å². The maximum atomic E-state index is 12.4.